The summed E-state index contributed by atoms with van der Waals surface area (Å²) in [5.74, 6) is 0.636. The fourth-order valence-electron chi connectivity index (χ4n) is 2.82. The van der Waals surface area contributed by atoms with Crippen LogP contribution in [0.3, 0.4) is 0 Å². The molecule has 1 aromatic rings. The van der Waals surface area contributed by atoms with Gasteiger partial charge in [-0.1, -0.05) is 32.3 Å². The minimum Gasteiger partial charge on any atom is -0.399 e. The highest BCUT2D eigenvalue weighted by atomic mass is 16.1. The van der Waals surface area contributed by atoms with E-state index in [4.69, 9.17) is 5.73 Å². The van der Waals surface area contributed by atoms with Crippen molar-refractivity contribution in [3.63, 3.8) is 0 Å². The average Bonchev–Trinajstić information content (AvgIpc) is 2.39. The Morgan fingerprint density at radius 2 is 2.17 bits per heavy atom. The van der Waals surface area contributed by atoms with Gasteiger partial charge in [0.1, 0.15) is 0 Å². The van der Waals surface area contributed by atoms with E-state index in [0.717, 1.165) is 12.8 Å². The van der Waals surface area contributed by atoms with Crippen LogP contribution in [0, 0.1) is 5.92 Å². The summed E-state index contributed by atoms with van der Waals surface area (Å²) in [5.41, 5.74) is 7.00. The number of rotatable bonds is 3. The van der Waals surface area contributed by atoms with Crippen LogP contribution in [0.4, 0.5) is 5.69 Å². The lowest BCUT2D eigenvalue weighted by atomic mass is 9.83. The first kappa shape index (κ1) is 12.9. The highest BCUT2D eigenvalue weighted by Gasteiger charge is 2.25. The van der Waals surface area contributed by atoms with Crippen LogP contribution in [0.15, 0.2) is 24.3 Å². The zero-order chi connectivity index (χ0) is 13.0. The summed E-state index contributed by atoms with van der Waals surface area (Å²) in [4.78, 5) is 12.2. The van der Waals surface area contributed by atoms with Crippen molar-refractivity contribution in [2.75, 3.05) is 5.73 Å². The Kier molecular flexibility index (Phi) is 4.24. The number of nitrogen functional groups attached to an aromatic ring is 1. The minimum absolute atomic E-state index is 0.00708. The number of carbonyl (C=O) groups excluding carboxylic acids is 1. The molecule has 18 heavy (non-hydrogen) atoms. The fourth-order valence-corrected chi connectivity index (χ4v) is 2.82. The molecule has 3 N–H and O–H groups in total. The summed E-state index contributed by atoms with van der Waals surface area (Å²) < 4.78 is 0. The van der Waals surface area contributed by atoms with Gasteiger partial charge in [-0.2, -0.15) is 0 Å². The van der Waals surface area contributed by atoms with Crippen LogP contribution >= 0.6 is 0 Å². The molecular formula is C15H22N2O. The van der Waals surface area contributed by atoms with E-state index in [9.17, 15) is 4.79 Å². The van der Waals surface area contributed by atoms with Crippen LogP contribution in [0.2, 0.25) is 0 Å². The van der Waals surface area contributed by atoms with E-state index in [2.05, 4.69) is 12.2 Å². The zero-order valence-corrected chi connectivity index (χ0v) is 11.0. The maximum atomic E-state index is 12.2. The molecule has 3 nitrogen and oxygen atoms in total. The Hall–Kier alpha value is -1.51. The van der Waals surface area contributed by atoms with Crippen molar-refractivity contribution >= 4 is 11.6 Å². The van der Waals surface area contributed by atoms with E-state index in [1.54, 1.807) is 12.1 Å². The molecule has 1 amide bonds. The molecule has 3 heteroatoms. The molecule has 1 fully saturated rings. The van der Waals surface area contributed by atoms with Crippen LogP contribution in [-0.4, -0.2) is 11.9 Å². The largest absolute Gasteiger partial charge is 0.399 e. The van der Waals surface area contributed by atoms with Crippen LogP contribution < -0.4 is 11.1 Å². The average molecular weight is 246 g/mol. The van der Waals surface area contributed by atoms with Gasteiger partial charge in [-0.25, -0.2) is 0 Å². The Balaban J connectivity index is 2.02. The normalized spacial score (nSPS) is 23.6. The molecule has 1 aliphatic rings. The Bertz CT molecular complexity index is 417. The van der Waals surface area contributed by atoms with E-state index in [1.807, 2.05) is 12.1 Å². The summed E-state index contributed by atoms with van der Waals surface area (Å²) in [5, 5.41) is 3.17. The van der Waals surface area contributed by atoms with Gasteiger partial charge in [0, 0.05) is 17.3 Å². The fraction of sp³-hybridized carbons (Fsp3) is 0.533. The lowest BCUT2D eigenvalue weighted by Gasteiger charge is -2.31. The summed E-state index contributed by atoms with van der Waals surface area (Å²) in [6.45, 7) is 2.20. The van der Waals surface area contributed by atoms with Crippen LogP contribution in [0.1, 0.15) is 49.4 Å². The maximum Gasteiger partial charge on any atom is 0.251 e. The predicted molar refractivity (Wildman–Crippen MR) is 74.4 cm³/mol. The second-order valence-corrected chi connectivity index (χ2v) is 5.16. The SMILES string of the molecule is CCC1CCCCC1NC(=O)c1cccc(N)c1. The summed E-state index contributed by atoms with van der Waals surface area (Å²) in [7, 11) is 0. The molecule has 1 saturated carbocycles. The predicted octanol–water partition coefficient (Wildman–Crippen LogP) is 2.97. The summed E-state index contributed by atoms with van der Waals surface area (Å²) in [6.07, 6.45) is 5.99. The van der Waals surface area contributed by atoms with E-state index >= 15 is 0 Å². The highest BCUT2D eigenvalue weighted by Crippen LogP contribution is 2.27. The molecule has 0 bridgehead atoms. The van der Waals surface area contributed by atoms with Crippen molar-refractivity contribution in [1.82, 2.24) is 5.32 Å². The molecule has 2 unspecified atom stereocenters. The van der Waals surface area contributed by atoms with Crippen molar-refractivity contribution in [1.29, 1.82) is 0 Å². The highest BCUT2D eigenvalue weighted by molar-refractivity contribution is 5.95. The van der Waals surface area contributed by atoms with Crippen LogP contribution in [-0.2, 0) is 0 Å². The van der Waals surface area contributed by atoms with Gasteiger partial charge >= 0.3 is 0 Å². The van der Waals surface area contributed by atoms with Crippen LogP contribution in [0.5, 0.6) is 0 Å². The van der Waals surface area contributed by atoms with Gasteiger partial charge in [0.25, 0.3) is 5.91 Å². The number of amides is 1. The molecule has 1 aliphatic carbocycles. The van der Waals surface area contributed by atoms with E-state index in [0.29, 0.717) is 23.2 Å². The van der Waals surface area contributed by atoms with E-state index < -0.39 is 0 Å². The van der Waals surface area contributed by atoms with E-state index in [-0.39, 0.29) is 5.91 Å². The van der Waals surface area contributed by atoms with Gasteiger partial charge < -0.3 is 11.1 Å². The topological polar surface area (TPSA) is 55.1 Å². The standard InChI is InChI=1S/C15H22N2O/c1-2-11-6-3-4-9-14(11)17-15(18)12-7-5-8-13(16)10-12/h5,7-8,10-11,14H,2-4,6,9,16H2,1H3,(H,17,18). The second kappa shape index (κ2) is 5.89. The summed E-state index contributed by atoms with van der Waals surface area (Å²) >= 11 is 0. The van der Waals surface area contributed by atoms with Gasteiger partial charge in [-0.3, -0.25) is 4.79 Å². The van der Waals surface area contributed by atoms with Crippen molar-refractivity contribution in [3.8, 4) is 0 Å². The third-order valence-electron chi connectivity index (χ3n) is 3.90. The molecule has 0 spiro atoms. The van der Waals surface area contributed by atoms with Gasteiger partial charge in [-0.05, 0) is 37.0 Å². The molecule has 0 heterocycles. The zero-order valence-electron chi connectivity index (χ0n) is 11.0. The molecule has 1 aromatic carbocycles. The number of hydrogen-bond donors (Lipinski definition) is 2. The van der Waals surface area contributed by atoms with Gasteiger partial charge in [0.2, 0.25) is 0 Å². The minimum atomic E-state index is 0.00708. The first-order valence-corrected chi connectivity index (χ1v) is 6.87. The smallest absolute Gasteiger partial charge is 0.251 e. The summed E-state index contributed by atoms with van der Waals surface area (Å²) in [6, 6.07) is 7.50. The van der Waals surface area contributed by atoms with Crippen LogP contribution in [0.25, 0.3) is 0 Å². The molecule has 2 rings (SSSR count). The van der Waals surface area contributed by atoms with Crippen molar-refractivity contribution in [2.24, 2.45) is 5.92 Å². The number of nitrogens with one attached hydrogen (secondary N) is 1. The van der Waals surface area contributed by atoms with Gasteiger partial charge in [0.15, 0.2) is 0 Å². The lowest BCUT2D eigenvalue weighted by Crippen LogP contribution is -2.41. The van der Waals surface area contributed by atoms with Crippen molar-refractivity contribution in [2.45, 2.75) is 45.1 Å². The Morgan fingerprint density at radius 3 is 2.89 bits per heavy atom. The first-order valence-electron chi connectivity index (χ1n) is 6.87. The molecule has 98 valence electrons. The molecule has 2 atom stereocenters. The number of anilines is 1. The molecule has 0 saturated heterocycles. The van der Waals surface area contributed by atoms with E-state index in [1.165, 1.54) is 19.3 Å². The molecule has 0 aromatic heterocycles. The number of carbonyl (C=O) groups is 1. The third-order valence-corrected chi connectivity index (χ3v) is 3.90. The van der Waals surface area contributed by atoms with Gasteiger partial charge in [-0.15, -0.1) is 0 Å². The quantitative estimate of drug-likeness (QED) is 0.806. The number of nitrogens with two attached hydrogens (primary N) is 1. The third kappa shape index (κ3) is 3.03. The molecule has 0 radical (unpaired) electrons. The Labute approximate surface area is 109 Å². The number of benzene rings is 1. The lowest BCUT2D eigenvalue weighted by molar-refractivity contribution is 0.0905. The van der Waals surface area contributed by atoms with Gasteiger partial charge in [0.05, 0.1) is 0 Å². The Morgan fingerprint density at radius 1 is 1.39 bits per heavy atom. The van der Waals surface area contributed by atoms with Crippen molar-refractivity contribution < 1.29 is 4.79 Å². The monoisotopic (exact) mass is 246 g/mol. The molecule has 0 aliphatic heterocycles. The molecular weight excluding hydrogens is 224 g/mol. The number of hydrogen-bond acceptors (Lipinski definition) is 2. The second-order valence-electron chi connectivity index (χ2n) is 5.16. The van der Waals surface area contributed by atoms with Crippen molar-refractivity contribution in [3.05, 3.63) is 29.8 Å². The first-order chi connectivity index (χ1) is 8.70. The maximum absolute atomic E-state index is 12.2.